The summed E-state index contributed by atoms with van der Waals surface area (Å²) in [4.78, 5) is 32.1. The van der Waals surface area contributed by atoms with Gasteiger partial charge in [0, 0.05) is 5.02 Å². The van der Waals surface area contributed by atoms with E-state index in [1.165, 1.54) is 11.3 Å². The fourth-order valence-electron chi connectivity index (χ4n) is 4.80. The van der Waals surface area contributed by atoms with Crippen molar-refractivity contribution in [2.75, 3.05) is 13.4 Å². The van der Waals surface area contributed by atoms with Crippen molar-refractivity contribution in [1.82, 2.24) is 4.57 Å². The molecule has 3 heterocycles. The number of fused-ring (bicyclic) bond motifs is 2. The number of aromatic nitrogens is 1. The average molecular weight is 589 g/mol. The van der Waals surface area contributed by atoms with E-state index in [1.807, 2.05) is 60.7 Å². The highest BCUT2D eigenvalue weighted by Gasteiger charge is 2.34. The monoisotopic (exact) mass is 588 g/mol. The van der Waals surface area contributed by atoms with Crippen LogP contribution in [0.15, 0.2) is 87.8 Å². The minimum Gasteiger partial charge on any atom is -0.489 e. The maximum atomic E-state index is 13.8. The fraction of sp³-hybridized carbons (Fsp3) is 0.194. The second-order valence-corrected chi connectivity index (χ2v) is 10.8. The highest BCUT2D eigenvalue weighted by molar-refractivity contribution is 7.07. The number of hydrogen-bond donors (Lipinski definition) is 0. The van der Waals surface area contributed by atoms with E-state index in [2.05, 4.69) is 4.99 Å². The van der Waals surface area contributed by atoms with Gasteiger partial charge in [0.1, 0.15) is 12.4 Å². The van der Waals surface area contributed by atoms with E-state index in [4.69, 9.17) is 30.5 Å². The number of thiazole rings is 1. The predicted molar refractivity (Wildman–Crippen MR) is 155 cm³/mol. The average Bonchev–Trinajstić information content (AvgIpc) is 3.55. The van der Waals surface area contributed by atoms with E-state index in [-0.39, 0.29) is 19.0 Å². The third kappa shape index (κ3) is 5.38. The summed E-state index contributed by atoms with van der Waals surface area (Å²) in [6.45, 7) is 4.20. The van der Waals surface area contributed by atoms with Crippen molar-refractivity contribution < 1.29 is 23.7 Å². The van der Waals surface area contributed by atoms with Crippen molar-refractivity contribution in [3.05, 3.63) is 119 Å². The largest absolute Gasteiger partial charge is 0.489 e. The van der Waals surface area contributed by atoms with E-state index >= 15 is 0 Å². The minimum absolute atomic E-state index is 0.117. The molecule has 0 amide bonds. The standard InChI is InChI=1S/C31H25ClN2O6S/c1-3-37-30(36)27-18(2)33-31-34(28(27)21-9-12-24-25(15-21)40-17-39-24)29(35)26(41-31)14-19-7-10-23(11-8-19)38-16-20-5-4-6-22(32)13-20/h4-15,28H,3,16-17H2,1-2H3/b26-14-/t28-/m1/s1. The first-order valence-electron chi connectivity index (χ1n) is 13.0. The molecule has 41 heavy (non-hydrogen) atoms. The summed E-state index contributed by atoms with van der Waals surface area (Å²) in [6.07, 6.45) is 1.81. The van der Waals surface area contributed by atoms with Crippen LogP contribution in [0.25, 0.3) is 6.08 Å². The van der Waals surface area contributed by atoms with Gasteiger partial charge in [0.25, 0.3) is 5.56 Å². The van der Waals surface area contributed by atoms with Gasteiger partial charge < -0.3 is 18.9 Å². The van der Waals surface area contributed by atoms with E-state index in [9.17, 15) is 9.59 Å². The Hall–Kier alpha value is -4.34. The molecule has 1 atom stereocenters. The fourth-order valence-corrected chi connectivity index (χ4v) is 6.05. The van der Waals surface area contributed by atoms with Crippen LogP contribution in [0.1, 0.15) is 36.6 Å². The van der Waals surface area contributed by atoms with Gasteiger partial charge in [-0.05, 0) is 73.0 Å². The van der Waals surface area contributed by atoms with Crippen LogP contribution in [0.4, 0.5) is 0 Å². The number of nitrogens with zero attached hydrogens (tertiary/aromatic N) is 2. The zero-order valence-electron chi connectivity index (χ0n) is 22.3. The van der Waals surface area contributed by atoms with E-state index < -0.39 is 12.0 Å². The van der Waals surface area contributed by atoms with Crippen molar-refractivity contribution in [3.63, 3.8) is 0 Å². The summed E-state index contributed by atoms with van der Waals surface area (Å²) in [7, 11) is 0. The normalized spacial score (nSPS) is 15.9. The number of halogens is 1. The summed E-state index contributed by atoms with van der Waals surface area (Å²) < 4.78 is 24.3. The lowest BCUT2D eigenvalue weighted by Crippen LogP contribution is -2.39. The molecule has 2 aliphatic heterocycles. The first-order chi connectivity index (χ1) is 19.9. The molecular formula is C31H25ClN2O6S. The van der Waals surface area contributed by atoms with E-state index in [0.29, 0.717) is 55.0 Å². The van der Waals surface area contributed by atoms with Crippen LogP contribution in [0.2, 0.25) is 5.02 Å². The maximum Gasteiger partial charge on any atom is 0.338 e. The Bertz CT molecular complexity index is 1860. The Morgan fingerprint density at radius 2 is 1.93 bits per heavy atom. The highest BCUT2D eigenvalue weighted by Crippen LogP contribution is 2.38. The molecule has 0 N–H and O–H groups in total. The summed E-state index contributed by atoms with van der Waals surface area (Å²) in [6, 6.07) is 19.7. The van der Waals surface area contributed by atoms with Gasteiger partial charge in [-0.15, -0.1) is 0 Å². The number of carbonyl (C=O) groups is 1. The van der Waals surface area contributed by atoms with Gasteiger partial charge in [-0.1, -0.05) is 53.3 Å². The Morgan fingerprint density at radius 3 is 2.71 bits per heavy atom. The van der Waals surface area contributed by atoms with Gasteiger partial charge in [0.15, 0.2) is 16.3 Å². The van der Waals surface area contributed by atoms with Gasteiger partial charge >= 0.3 is 5.97 Å². The molecule has 6 rings (SSSR count). The Balaban J connectivity index is 1.35. The van der Waals surface area contributed by atoms with Crippen LogP contribution in [0, 0.1) is 0 Å². The molecule has 0 bridgehead atoms. The Kier molecular flexibility index (Phi) is 7.38. The summed E-state index contributed by atoms with van der Waals surface area (Å²) >= 11 is 7.32. The molecule has 0 saturated carbocycles. The highest BCUT2D eigenvalue weighted by atomic mass is 35.5. The number of rotatable bonds is 7. The third-order valence-electron chi connectivity index (χ3n) is 6.70. The van der Waals surface area contributed by atoms with Crippen molar-refractivity contribution in [3.8, 4) is 17.2 Å². The number of hydrogen-bond acceptors (Lipinski definition) is 8. The molecule has 3 aromatic carbocycles. The molecule has 10 heteroatoms. The molecule has 0 saturated heterocycles. The SMILES string of the molecule is CCOC(=O)C1=C(C)N=c2s/c(=C\c3ccc(OCc4cccc(Cl)c4)cc3)c(=O)n2[C@@H]1c1ccc2c(c1)OCO2. The lowest BCUT2D eigenvalue weighted by atomic mass is 9.95. The Labute approximate surface area is 244 Å². The minimum atomic E-state index is -0.732. The first kappa shape index (κ1) is 26.9. The van der Waals surface area contributed by atoms with Crippen LogP contribution < -0.4 is 29.1 Å². The number of benzene rings is 3. The van der Waals surface area contributed by atoms with Crippen LogP contribution in [-0.4, -0.2) is 23.9 Å². The summed E-state index contributed by atoms with van der Waals surface area (Å²) in [5, 5.41) is 0.660. The molecule has 0 spiro atoms. The molecule has 2 aliphatic rings. The smallest absolute Gasteiger partial charge is 0.338 e. The van der Waals surface area contributed by atoms with Gasteiger partial charge in [0.05, 0.1) is 28.5 Å². The molecule has 8 nitrogen and oxygen atoms in total. The van der Waals surface area contributed by atoms with Crippen molar-refractivity contribution >= 4 is 35.0 Å². The number of esters is 1. The first-order valence-corrected chi connectivity index (χ1v) is 14.2. The zero-order valence-corrected chi connectivity index (χ0v) is 23.8. The maximum absolute atomic E-state index is 13.8. The lowest BCUT2D eigenvalue weighted by molar-refractivity contribution is -0.139. The second-order valence-electron chi connectivity index (χ2n) is 9.40. The lowest BCUT2D eigenvalue weighted by Gasteiger charge is -2.24. The molecule has 1 aromatic heterocycles. The number of carbonyl (C=O) groups excluding carboxylic acids is 1. The van der Waals surface area contributed by atoms with Gasteiger partial charge in [0.2, 0.25) is 6.79 Å². The number of ether oxygens (including phenoxy) is 4. The molecule has 0 radical (unpaired) electrons. The van der Waals surface area contributed by atoms with Gasteiger partial charge in [-0.3, -0.25) is 9.36 Å². The topological polar surface area (TPSA) is 88.4 Å². The quantitative estimate of drug-likeness (QED) is 0.289. The second kappa shape index (κ2) is 11.3. The molecule has 0 aliphatic carbocycles. The van der Waals surface area contributed by atoms with Crippen LogP contribution >= 0.6 is 22.9 Å². The predicted octanol–water partition coefficient (Wildman–Crippen LogP) is 4.76. The van der Waals surface area contributed by atoms with E-state index in [1.54, 1.807) is 30.5 Å². The van der Waals surface area contributed by atoms with Crippen LogP contribution in [0.5, 0.6) is 17.2 Å². The molecular weight excluding hydrogens is 564 g/mol. The molecule has 4 aromatic rings. The molecule has 208 valence electrons. The summed E-state index contributed by atoms with van der Waals surface area (Å²) in [5.41, 5.74) is 3.04. The molecule has 0 unspecified atom stereocenters. The zero-order chi connectivity index (χ0) is 28.5. The van der Waals surface area contributed by atoms with Crippen LogP contribution in [-0.2, 0) is 16.1 Å². The van der Waals surface area contributed by atoms with Crippen molar-refractivity contribution in [2.45, 2.75) is 26.5 Å². The Morgan fingerprint density at radius 1 is 1.12 bits per heavy atom. The molecule has 0 fully saturated rings. The van der Waals surface area contributed by atoms with E-state index in [0.717, 1.165) is 11.1 Å². The number of allylic oxidation sites excluding steroid dienone is 1. The van der Waals surface area contributed by atoms with Crippen LogP contribution in [0.3, 0.4) is 0 Å². The van der Waals surface area contributed by atoms with Gasteiger partial charge in [-0.2, -0.15) is 0 Å². The summed E-state index contributed by atoms with van der Waals surface area (Å²) in [5.74, 6) is 1.35. The van der Waals surface area contributed by atoms with Gasteiger partial charge in [-0.25, -0.2) is 9.79 Å². The van der Waals surface area contributed by atoms with Crippen molar-refractivity contribution in [2.24, 2.45) is 4.99 Å². The van der Waals surface area contributed by atoms with Crippen molar-refractivity contribution in [1.29, 1.82) is 0 Å². The third-order valence-corrected chi connectivity index (χ3v) is 7.92.